The normalized spacial score (nSPS) is 16.7. The van der Waals surface area contributed by atoms with Gasteiger partial charge in [0.2, 0.25) is 10.9 Å². The number of nitrogens with zero attached hydrogens (tertiary/aromatic N) is 3. The van der Waals surface area contributed by atoms with Gasteiger partial charge in [-0.1, -0.05) is 48.2 Å². The summed E-state index contributed by atoms with van der Waals surface area (Å²) in [5.41, 5.74) is 0.438. The van der Waals surface area contributed by atoms with E-state index < -0.39 is 29.3 Å². The third kappa shape index (κ3) is 3.59. The Morgan fingerprint density at radius 1 is 1.28 bits per heavy atom. The molecule has 0 bridgehead atoms. The molecular weight excluding hydrogens is 433 g/mol. The molecule has 1 N–H and O–H groups in total. The molecule has 0 saturated heterocycles. The number of carbonyl (C=O) groups is 2. The molecule has 0 fully saturated rings. The predicted molar refractivity (Wildman–Crippen MR) is 111 cm³/mol. The minimum absolute atomic E-state index is 0.0519. The van der Waals surface area contributed by atoms with Crippen LogP contribution in [0.2, 0.25) is 0 Å². The SMILES string of the molecule is CCSc1nnc(N2C(=O)C(O)=C(C(=O)c3cccs3)[C@@H]2c2ccc(F)cc2)s1. The molecule has 2 aromatic heterocycles. The van der Waals surface area contributed by atoms with E-state index in [4.69, 9.17) is 0 Å². The van der Waals surface area contributed by atoms with Crippen molar-refractivity contribution in [1.82, 2.24) is 10.2 Å². The third-order valence-corrected chi connectivity index (χ3v) is 7.06. The van der Waals surface area contributed by atoms with Gasteiger partial charge in [0.25, 0.3) is 5.91 Å². The molecule has 1 amide bonds. The Hall–Kier alpha value is -2.56. The number of aromatic nitrogens is 2. The number of hydrogen-bond acceptors (Lipinski definition) is 8. The number of Topliss-reactive ketones (excluding diaryl/α,β-unsaturated/α-hetero) is 1. The van der Waals surface area contributed by atoms with Gasteiger partial charge in [-0.25, -0.2) is 4.39 Å². The largest absolute Gasteiger partial charge is 0.503 e. The molecule has 4 rings (SSSR count). The van der Waals surface area contributed by atoms with Crippen molar-refractivity contribution >= 4 is 51.3 Å². The number of thioether (sulfide) groups is 1. The molecule has 1 aliphatic heterocycles. The molecule has 1 aliphatic rings. The molecule has 3 aromatic rings. The van der Waals surface area contributed by atoms with E-state index in [9.17, 15) is 19.1 Å². The van der Waals surface area contributed by atoms with Gasteiger partial charge in [-0.15, -0.1) is 21.5 Å². The lowest BCUT2D eigenvalue weighted by atomic mass is 9.95. The van der Waals surface area contributed by atoms with Crippen LogP contribution in [-0.4, -0.2) is 32.7 Å². The summed E-state index contributed by atoms with van der Waals surface area (Å²) in [6.45, 7) is 1.97. The second-order valence-corrected chi connectivity index (χ2v) is 9.40. The molecule has 29 heavy (non-hydrogen) atoms. The van der Waals surface area contributed by atoms with Gasteiger partial charge >= 0.3 is 0 Å². The molecule has 148 valence electrons. The predicted octanol–water partition coefficient (Wildman–Crippen LogP) is 4.63. The molecule has 0 spiro atoms. The molecule has 1 atom stereocenters. The lowest BCUT2D eigenvalue weighted by molar-refractivity contribution is -0.117. The second-order valence-electron chi connectivity index (χ2n) is 5.98. The van der Waals surface area contributed by atoms with E-state index in [-0.39, 0.29) is 10.7 Å². The van der Waals surface area contributed by atoms with E-state index >= 15 is 0 Å². The Morgan fingerprint density at radius 3 is 2.69 bits per heavy atom. The summed E-state index contributed by atoms with van der Waals surface area (Å²) in [6.07, 6.45) is 0. The Labute approximate surface area is 177 Å². The highest BCUT2D eigenvalue weighted by Crippen LogP contribution is 2.43. The van der Waals surface area contributed by atoms with E-state index in [2.05, 4.69) is 10.2 Å². The van der Waals surface area contributed by atoms with Gasteiger partial charge in [0.15, 0.2) is 10.1 Å². The first-order chi connectivity index (χ1) is 14.0. The van der Waals surface area contributed by atoms with Crippen molar-refractivity contribution in [3.63, 3.8) is 0 Å². The molecular formula is C19H14FN3O3S3. The first kappa shape index (κ1) is 19.7. The third-order valence-electron chi connectivity index (χ3n) is 4.25. The molecule has 10 heteroatoms. The van der Waals surface area contributed by atoms with E-state index in [1.165, 1.54) is 63.6 Å². The average Bonchev–Trinajstić information content (AvgIpc) is 3.44. The number of aliphatic hydroxyl groups is 1. The van der Waals surface area contributed by atoms with Crippen molar-refractivity contribution in [2.75, 3.05) is 10.7 Å². The van der Waals surface area contributed by atoms with Crippen molar-refractivity contribution in [1.29, 1.82) is 0 Å². The maximum absolute atomic E-state index is 13.5. The lowest BCUT2D eigenvalue weighted by Gasteiger charge is -2.23. The number of aliphatic hydroxyl groups excluding tert-OH is 1. The minimum atomic E-state index is -0.926. The minimum Gasteiger partial charge on any atom is -0.503 e. The fourth-order valence-electron chi connectivity index (χ4n) is 3.02. The Kier molecular flexibility index (Phi) is 5.48. The zero-order valence-electron chi connectivity index (χ0n) is 15.0. The topological polar surface area (TPSA) is 83.4 Å². The van der Waals surface area contributed by atoms with E-state index in [1.54, 1.807) is 17.5 Å². The van der Waals surface area contributed by atoms with Crippen LogP contribution in [0.25, 0.3) is 0 Å². The number of amides is 1. The van der Waals surface area contributed by atoms with Gasteiger partial charge in [-0.3, -0.25) is 14.5 Å². The quantitative estimate of drug-likeness (QED) is 0.337. The van der Waals surface area contributed by atoms with Crippen LogP contribution in [0.1, 0.15) is 28.2 Å². The zero-order valence-corrected chi connectivity index (χ0v) is 17.5. The van der Waals surface area contributed by atoms with E-state index in [1.807, 2.05) is 6.92 Å². The fraction of sp³-hybridized carbons (Fsp3) is 0.158. The number of carbonyl (C=O) groups excluding carboxylic acids is 2. The van der Waals surface area contributed by atoms with Gasteiger partial charge in [-0.2, -0.15) is 0 Å². The van der Waals surface area contributed by atoms with Crippen LogP contribution in [0.5, 0.6) is 0 Å². The van der Waals surface area contributed by atoms with E-state index in [0.29, 0.717) is 14.8 Å². The number of thiophene rings is 1. The maximum atomic E-state index is 13.5. The van der Waals surface area contributed by atoms with Crippen LogP contribution in [0.4, 0.5) is 9.52 Å². The summed E-state index contributed by atoms with van der Waals surface area (Å²) in [7, 11) is 0. The maximum Gasteiger partial charge on any atom is 0.296 e. The van der Waals surface area contributed by atoms with Gasteiger partial charge in [0.05, 0.1) is 16.5 Å². The Balaban J connectivity index is 1.83. The van der Waals surface area contributed by atoms with Crippen molar-refractivity contribution in [2.24, 2.45) is 0 Å². The van der Waals surface area contributed by atoms with Crippen LogP contribution < -0.4 is 4.90 Å². The van der Waals surface area contributed by atoms with Gasteiger partial charge in [0, 0.05) is 0 Å². The van der Waals surface area contributed by atoms with Gasteiger partial charge < -0.3 is 5.11 Å². The Morgan fingerprint density at radius 2 is 2.03 bits per heavy atom. The first-order valence-electron chi connectivity index (χ1n) is 8.58. The first-order valence-corrected chi connectivity index (χ1v) is 11.3. The number of anilines is 1. The lowest BCUT2D eigenvalue weighted by Crippen LogP contribution is -2.31. The number of benzene rings is 1. The monoisotopic (exact) mass is 447 g/mol. The van der Waals surface area contributed by atoms with Crippen LogP contribution >= 0.6 is 34.4 Å². The van der Waals surface area contributed by atoms with Crippen molar-refractivity contribution in [3.05, 3.63) is 69.4 Å². The number of hydrogen-bond donors (Lipinski definition) is 1. The summed E-state index contributed by atoms with van der Waals surface area (Å²) < 4.78 is 14.2. The average molecular weight is 448 g/mol. The second kappa shape index (κ2) is 8.05. The molecule has 0 aliphatic carbocycles. The highest BCUT2D eigenvalue weighted by Gasteiger charge is 2.46. The number of halogens is 1. The summed E-state index contributed by atoms with van der Waals surface area (Å²) in [4.78, 5) is 27.7. The zero-order chi connectivity index (χ0) is 20.5. The van der Waals surface area contributed by atoms with Gasteiger partial charge in [-0.05, 0) is 34.9 Å². The molecule has 6 nitrogen and oxygen atoms in total. The van der Waals surface area contributed by atoms with Crippen LogP contribution in [0.15, 0.2) is 57.5 Å². The molecule has 0 saturated carbocycles. The molecule has 0 radical (unpaired) electrons. The standard InChI is InChI=1S/C19H14FN3O3S3/c1-2-27-19-22-21-18(29-19)23-14(10-5-7-11(20)8-6-10)13(16(25)17(23)26)15(24)12-4-3-9-28-12/h3-9,14,25H,2H2,1H3/t14-/m0/s1. The van der Waals surface area contributed by atoms with Crippen LogP contribution in [-0.2, 0) is 4.79 Å². The summed E-state index contributed by atoms with van der Waals surface area (Å²) in [5.74, 6) is -1.46. The number of ketones is 1. The highest BCUT2D eigenvalue weighted by atomic mass is 32.2. The highest BCUT2D eigenvalue weighted by molar-refractivity contribution is 8.01. The van der Waals surface area contributed by atoms with Crippen molar-refractivity contribution in [3.8, 4) is 0 Å². The number of rotatable bonds is 6. The van der Waals surface area contributed by atoms with Crippen molar-refractivity contribution < 1.29 is 19.1 Å². The molecule has 0 unspecified atom stereocenters. The van der Waals surface area contributed by atoms with Crippen molar-refractivity contribution in [2.45, 2.75) is 17.3 Å². The summed E-state index contributed by atoms with van der Waals surface area (Å²) in [6, 6.07) is 7.90. The fourth-order valence-corrected chi connectivity index (χ4v) is 5.46. The van der Waals surface area contributed by atoms with Crippen LogP contribution in [0, 0.1) is 5.82 Å². The molecule has 3 heterocycles. The van der Waals surface area contributed by atoms with Crippen LogP contribution in [0.3, 0.4) is 0 Å². The smallest absolute Gasteiger partial charge is 0.296 e. The van der Waals surface area contributed by atoms with E-state index in [0.717, 1.165) is 5.75 Å². The summed E-state index contributed by atoms with van der Waals surface area (Å²) in [5, 5.41) is 20.8. The van der Waals surface area contributed by atoms with Gasteiger partial charge in [0.1, 0.15) is 5.82 Å². The summed E-state index contributed by atoms with van der Waals surface area (Å²) >= 11 is 3.89. The Bertz CT molecular complexity index is 1090. The molecule has 1 aromatic carbocycles.